The van der Waals surface area contributed by atoms with Gasteiger partial charge in [-0.15, -0.1) is 10.2 Å². The highest BCUT2D eigenvalue weighted by Crippen LogP contribution is 2.25. The Labute approximate surface area is 142 Å². The average Bonchev–Trinajstić information content (AvgIpc) is 3.04. The number of para-hydroxylation sites is 2. The number of amides is 1. The summed E-state index contributed by atoms with van der Waals surface area (Å²) in [6.45, 7) is 1.77. The number of carbonyl (C=O) groups excluding carboxylic acids is 1. The van der Waals surface area contributed by atoms with E-state index in [2.05, 4.69) is 15.5 Å². The molecule has 122 valence electrons. The van der Waals surface area contributed by atoms with Crippen molar-refractivity contribution in [3.63, 3.8) is 0 Å². The average molecular weight is 342 g/mol. The van der Waals surface area contributed by atoms with Gasteiger partial charge in [0.1, 0.15) is 12.1 Å². The first-order valence-electron chi connectivity index (χ1n) is 7.32. The molecule has 0 saturated heterocycles. The van der Waals surface area contributed by atoms with Gasteiger partial charge in [0, 0.05) is 5.69 Å². The second kappa shape index (κ2) is 7.27. The molecular formula is C17H15FN4OS. The Bertz CT molecular complexity index is 837. The maximum Gasteiger partial charge on any atom is 0.237 e. The minimum Gasteiger partial charge on any atom is -0.325 e. The lowest BCUT2D eigenvalue weighted by atomic mass is 10.3. The van der Waals surface area contributed by atoms with Crippen molar-refractivity contribution in [2.75, 3.05) is 5.32 Å². The Morgan fingerprint density at radius 1 is 1.17 bits per heavy atom. The highest BCUT2D eigenvalue weighted by molar-refractivity contribution is 8.00. The van der Waals surface area contributed by atoms with Gasteiger partial charge in [-0.1, -0.05) is 42.1 Å². The number of thioether (sulfide) groups is 1. The van der Waals surface area contributed by atoms with Gasteiger partial charge in [0.2, 0.25) is 5.91 Å². The lowest BCUT2D eigenvalue weighted by Gasteiger charge is -2.12. The van der Waals surface area contributed by atoms with Crippen LogP contribution in [0.3, 0.4) is 0 Å². The molecule has 3 aromatic rings. The fourth-order valence-electron chi connectivity index (χ4n) is 2.09. The summed E-state index contributed by atoms with van der Waals surface area (Å²) in [4.78, 5) is 12.3. The number of hydrogen-bond donors (Lipinski definition) is 1. The van der Waals surface area contributed by atoms with Crippen molar-refractivity contribution >= 4 is 23.4 Å². The molecule has 1 atom stereocenters. The van der Waals surface area contributed by atoms with Crippen LogP contribution in [0, 0.1) is 5.82 Å². The highest BCUT2D eigenvalue weighted by atomic mass is 32.2. The Hall–Kier alpha value is -2.67. The zero-order valence-electron chi connectivity index (χ0n) is 12.9. The first kappa shape index (κ1) is 16.2. The molecule has 0 fully saturated rings. The second-order valence-corrected chi connectivity index (χ2v) is 6.36. The third kappa shape index (κ3) is 3.62. The van der Waals surface area contributed by atoms with Crippen LogP contribution >= 0.6 is 11.8 Å². The molecule has 1 amide bonds. The number of rotatable bonds is 5. The predicted octanol–water partition coefficient (Wildman–Crippen LogP) is 3.53. The molecule has 5 nitrogen and oxygen atoms in total. The van der Waals surface area contributed by atoms with Crippen LogP contribution in [0.2, 0.25) is 0 Å². The molecule has 3 rings (SSSR count). The van der Waals surface area contributed by atoms with Crippen molar-refractivity contribution in [1.29, 1.82) is 0 Å². The largest absolute Gasteiger partial charge is 0.325 e. The number of nitrogens with zero attached hydrogens (tertiary/aromatic N) is 3. The SMILES string of the molecule is C[C@H](Sc1nncn1-c1ccccc1F)C(=O)Nc1ccccc1. The lowest BCUT2D eigenvalue weighted by molar-refractivity contribution is -0.115. The quantitative estimate of drug-likeness (QED) is 0.721. The van der Waals surface area contributed by atoms with Crippen molar-refractivity contribution in [3.8, 4) is 5.69 Å². The van der Waals surface area contributed by atoms with E-state index in [4.69, 9.17) is 0 Å². The molecule has 2 aromatic carbocycles. The number of halogens is 1. The zero-order chi connectivity index (χ0) is 16.9. The molecule has 0 radical (unpaired) electrons. The summed E-state index contributed by atoms with van der Waals surface area (Å²) in [6.07, 6.45) is 1.43. The summed E-state index contributed by atoms with van der Waals surface area (Å²) < 4.78 is 15.5. The van der Waals surface area contributed by atoms with E-state index in [9.17, 15) is 9.18 Å². The maximum atomic E-state index is 14.0. The second-order valence-electron chi connectivity index (χ2n) is 5.05. The van der Waals surface area contributed by atoms with Gasteiger partial charge < -0.3 is 5.32 Å². The van der Waals surface area contributed by atoms with Crippen molar-refractivity contribution < 1.29 is 9.18 Å². The monoisotopic (exact) mass is 342 g/mol. The maximum absolute atomic E-state index is 14.0. The van der Waals surface area contributed by atoms with Gasteiger partial charge in [0.15, 0.2) is 5.16 Å². The van der Waals surface area contributed by atoms with E-state index in [1.54, 1.807) is 25.1 Å². The van der Waals surface area contributed by atoms with E-state index in [1.165, 1.54) is 28.7 Å². The molecule has 0 aliphatic rings. The van der Waals surface area contributed by atoms with Crippen LogP contribution in [0.25, 0.3) is 5.69 Å². The zero-order valence-corrected chi connectivity index (χ0v) is 13.7. The van der Waals surface area contributed by atoms with Crippen molar-refractivity contribution in [2.45, 2.75) is 17.3 Å². The molecule has 0 unspecified atom stereocenters. The summed E-state index contributed by atoms with van der Waals surface area (Å²) in [6, 6.07) is 15.6. The first-order chi connectivity index (χ1) is 11.6. The molecule has 0 saturated carbocycles. The van der Waals surface area contributed by atoms with Crippen molar-refractivity contribution in [3.05, 3.63) is 66.7 Å². The fraction of sp³-hybridized carbons (Fsp3) is 0.118. The van der Waals surface area contributed by atoms with Crippen LogP contribution in [0.1, 0.15) is 6.92 Å². The molecular weight excluding hydrogens is 327 g/mol. The normalized spacial score (nSPS) is 11.9. The Kier molecular flexibility index (Phi) is 4.90. The first-order valence-corrected chi connectivity index (χ1v) is 8.20. The summed E-state index contributed by atoms with van der Waals surface area (Å²) in [7, 11) is 0. The van der Waals surface area contributed by atoms with E-state index in [0.717, 1.165) is 5.69 Å². The van der Waals surface area contributed by atoms with E-state index in [0.29, 0.717) is 10.8 Å². The molecule has 0 aliphatic carbocycles. The molecule has 1 N–H and O–H groups in total. The van der Waals surface area contributed by atoms with Gasteiger partial charge in [-0.3, -0.25) is 9.36 Å². The standard InChI is InChI=1S/C17H15FN4OS/c1-12(16(23)20-13-7-3-2-4-8-13)24-17-21-19-11-22(17)15-10-6-5-9-14(15)18/h2-12H,1H3,(H,20,23)/t12-/m0/s1. The number of nitrogens with one attached hydrogen (secondary N) is 1. The van der Waals surface area contributed by atoms with Gasteiger partial charge in [-0.05, 0) is 31.2 Å². The van der Waals surface area contributed by atoms with Crippen LogP contribution in [-0.4, -0.2) is 25.9 Å². The van der Waals surface area contributed by atoms with Crippen LogP contribution in [0.4, 0.5) is 10.1 Å². The van der Waals surface area contributed by atoms with Gasteiger partial charge in [0.05, 0.1) is 10.9 Å². The van der Waals surface area contributed by atoms with Gasteiger partial charge >= 0.3 is 0 Å². The van der Waals surface area contributed by atoms with Gasteiger partial charge in [-0.2, -0.15) is 0 Å². The van der Waals surface area contributed by atoms with Crippen LogP contribution in [-0.2, 0) is 4.79 Å². The molecule has 0 spiro atoms. The van der Waals surface area contributed by atoms with Crippen LogP contribution in [0.5, 0.6) is 0 Å². The molecule has 0 bridgehead atoms. The summed E-state index contributed by atoms with van der Waals surface area (Å²) in [5.41, 5.74) is 1.08. The smallest absolute Gasteiger partial charge is 0.237 e. The Morgan fingerprint density at radius 2 is 1.88 bits per heavy atom. The third-order valence-electron chi connectivity index (χ3n) is 3.32. The van der Waals surface area contributed by atoms with Crippen LogP contribution < -0.4 is 5.32 Å². The Balaban J connectivity index is 1.74. The highest BCUT2D eigenvalue weighted by Gasteiger charge is 2.19. The van der Waals surface area contributed by atoms with E-state index in [-0.39, 0.29) is 11.7 Å². The predicted molar refractivity (Wildman–Crippen MR) is 91.7 cm³/mol. The van der Waals surface area contributed by atoms with E-state index >= 15 is 0 Å². The number of benzene rings is 2. The van der Waals surface area contributed by atoms with E-state index < -0.39 is 5.25 Å². The summed E-state index contributed by atoms with van der Waals surface area (Å²) in [5.74, 6) is -0.533. The molecule has 0 aliphatic heterocycles. The minimum atomic E-state index is -0.417. The van der Waals surface area contributed by atoms with Crippen molar-refractivity contribution in [2.24, 2.45) is 0 Å². The van der Waals surface area contributed by atoms with Gasteiger partial charge in [0.25, 0.3) is 0 Å². The van der Waals surface area contributed by atoms with Crippen molar-refractivity contribution in [1.82, 2.24) is 14.8 Å². The molecule has 1 heterocycles. The molecule has 24 heavy (non-hydrogen) atoms. The fourth-order valence-corrected chi connectivity index (χ4v) is 2.93. The minimum absolute atomic E-state index is 0.158. The summed E-state index contributed by atoms with van der Waals surface area (Å²) in [5, 5.41) is 10.7. The number of hydrogen-bond acceptors (Lipinski definition) is 4. The molecule has 7 heteroatoms. The van der Waals surface area contributed by atoms with E-state index in [1.807, 2.05) is 30.3 Å². The number of carbonyl (C=O) groups is 1. The third-order valence-corrected chi connectivity index (χ3v) is 4.38. The van der Waals surface area contributed by atoms with Gasteiger partial charge in [-0.25, -0.2) is 4.39 Å². The number of anilines is 1. The lowest BCUT2D eigenvalue weighted by Crippen LogP contribution is -2.22. The summed E-state index contributed by atoms with van der Waals surface area (Å²) >= 11 is 1.22. The molecule has 1 aromatic heterocycles. The Morgan fingerprint density at radius 3 is 2.62 bits per heavy atom. The van der Waals surface area contributed by atoms with Crippen LogP contribution in [0.15, 0.2) is 66.1 Å². The number of aromatic nitrogens is 3. The topological polar surface area (TPSA) is 59.8 Å².